The molecule has 0 fully saturated rings. The predicted octanol–water partition coefficient (Wildman–Crippen LogP) is 3.61. The summed E-state index contributed by atoms with van der Waals surface area (Å²) in [5.41, 5.74) is 1.58. The van der Waals surface area contributed by atoms with E-state index in [1.54, 1.807) is 45.4 Å². The molecule has 29 heavy (non-hydrogen) atoms. The van der Waals surface area contributed by atoms with Gasteiger partial charge in [0.2, 0.25) is 0 Å². The second kappa shape index (κ2) is 9.01. The zero-order valence-corrected chi connectivity index (χ0v) is 16.3. The number of halogens is 1. The highest BCUT2D eigenvalue weighted by Gasteiger charge is 2.12. The Balaban J connectivity index is 1.71. The summed E-state index contributed by atoms with van der Waals surface area (Å²) in [6.45, 7) is 1.97. The van der Waals surface area contributed by atoms with Crippen LogP contribution in [0.15, 0.2) is 48.5 Å². The van der Waals surface area contributed by atoms with Crippen molar-refractivity contribution in [3.63, 3.8) is 0 Å². The van der Waals surface area contributed by atoms with Crippen LogP contribution in [-0.4, -0.2) is 30.1 Å². The number of benzene rings is 2. The van der Waals surface area contributed by atoms with Crippen LogP contribution < -0.4 is 20.1 Å². The van der Waals surface area contributed by atoms with E-state index in [-0.39, 0.29) is 24.0 Å². The molecule has 0 bridgehead atoms. The van der Waals surface area contributed by atoms with E-state index in [4.69, 9.17) is 9.47 Å². The molecule has 1 heterocycles. The van der Waals surface area contributed by atoms with Gasteiger partial charge in [-0.2, -0.15) is 0 Å². The lowest BCUT2D eigenvalue weighted by atomic mass is 10.2. The number of aryl methyl sites for hydroxylation is 1. The molecule has 0 saturated carbocycles. The molecule has 2 N–H and O–H groups in total. The topological polar surface area (TPSA) is 85.4 Å². The molecular weight excluding hydrogens is 375 g/mol. The average molecular weight is 396 g/mol. The molecule has 3 aromatic rings. The van der Waals surface area contributed by atoms with Crippen LogP contribution in [0.5, 0.6) is 11.5 Å². The Morgan fingerprint density at radius 2 is 1.83 bits per heavy atom. The van der Waals surface area contributed by atoms with Crippen LogP contribution in [-0.2, 0) is 6.54 Å². The second-order valence-corrected chi connectivity index (χ2v) is 6.19. The number of carbonyl (C=O) groups excluding carboxylic acids is 1. The maximum Gasteiger partial charge on any atom is 0.270 e. The fourth-order valence-corrected chi connectivity index (χ4v) is 2.73. The lowest BCUT2D eigenvalue weighted by Crippen LogP contribution is -2.24. The number of ether oxygens (including phenoxy) is 2. The average Bonchev–Trinajstić information content (AvgIpc) is 2.71. The molecule has 1 amide bonds. The molecule has 0 unspecified atom stereocenters. The molecule has 0 radical (unpaired) electrons. The number of methoxy groups -OCH3 is 2. The molecule has 0 aliphatic heterocycles. The number of rotatable bonds is 7. The normalized spacial score (nSPS) is 10.3. The third-order valence-corrected chi connectivity index (χ3v) is 4.07. The van der Waals surface area contributed by atoms with Gasteiger partial charge in [-0.3, -0.25) is 4.79 Å². The number of nitrogens with one attached hydrogen (secondary N) is 2. The molecule has 8 heteroatoms. The van der Waals surface area contributed by atoms with Gasteiger partial charge in [0.25, 0.3) is 5.91 Å². The molecule has 3 rings (SSSR count). The minimum Gasteiger partial charge on any atom is -0.493 e. The summed E-state index contributed by atoms with van der Waals surface area (Å²) >= 11 is 0. The van der Waals surface area contributed by atoms with E-state index >= 15 is 0 Å². The van der Waals surface area contributed by atoms with Crippen molar-refractivity contribution in [2.75, 3.05) is 19.5 Å². The zero-order valence-electron chi connectivity index (χ0n) is 16.3. The molecular formula is C21H21FN4O3. The van der Waals surface area contributed by atoms with Crippen molar-refractivity contribution in [3.8, 4) is 11.5 Å². The van der Waals surface area contributed by atoms with Crippen molar-refractivity contribution >= 4 is 17.4 Å². The first-order valence-corrected chi connectivity index (χ1v) is 8.86. The molecule has 0 aliphatic carbocycles. The van der Waals surface area contributed by atoms with Gasteiger partial charge in [0.15, 0.2) is 11.5 Å². The lowest BCUT2D eigenvalue weighted by molar-refractivity contribution is 0.0945. The van der Waals surface area contributed by atoms with E-state index in [0.29, 0.717) is 28.8 Å². The Hall–Kier alpha value is -3.68. The number of anilines is 2. The summed E-state index contributed by atoms with van der Waals surface area (Å²) in [7, 11) is 3.11. The summed E-state index contributed by atoms with van der Waals surface area (Å²) in [6, 6.07) is 12.9. The van der Waals surface area contributed by atoms with Gasteiger partial charge >= 0.3 is 0 Å². The summed E-state index contributed by atoms with van der Waals surface area (Å²) in [5, 5.41) is 5.80. The molecule has 0 spiro atoms. The largest absolute Gasteiger partial charge is 0.493 e. The van der Waals surface area contributed by atoms with Crippen molar-refractivity contribution in [1.82, 2.24) is 15.3 Å². The van der Waals surface area contributed by atoms with Crippen molar-refractivity contribution < 1.29 is 18.7 Å². The number of carbonyl (C=O) groups is 1. The van der Waals surface area contributed by atoms with Crippen LogP contribution in [0.3, 0.4) is 0 Å². The molecule has 7 nitrogen and oxygen atoms in total. The van der Waals surface area contributed by atoms with E-state index in [1.807, 2.05) is 6.07 Å². The fraction of sp³-hybridized carbons (Fsp3) is 0.190. The second-order valence-electron chi connectivity index (χ2n) is 6.19. The van der Waals surface area contributed by atoms with Gasteiger partial charge in [-0.25, -0.2) is 14.4 Å². The third-order valence-electron chi connectivity index (χ3n) is 4.07. The van der Waals surface area contributed by atoms with E-state index < -0.39 is 0 Å². The molecule has 0 saturated heterocycles. The van der Waals surface area contributed by atoms with Crippen LogP contribution in [0.1, 0.15) is 21.9 Å². The Morgan fingerprint density at radius 1 is 1.03 bits per heavy atom. The monoisotopic (exact) mass is 396 g/mol. The van der Waals surface area contributed by atoms with Crippen molar-refractivity contribution in [2.45, 2.75) is 13.5 Å². The summed E-state index contributed by atoms with van der Waals surface area (Å²) < 4.78 is 23.8. The maximum absolute atomic E-state index is 13.4. The van der Waals surface area contributed by atoms with Crippen LogP contribution in [0.25, 0.3) is 0 Å². The quantitative estimate of drug-likeness (QED) is 0.635. The third kappa shape index (κ3) is 5.19. The summed E-state index contributed by atoms with van der Waals surface area (Å²) in [4.78, 5) is 21.0. The van der Waals surface area contributed by atoms with E-state index in [1.165, 1.54) is 18.2 Å². The number of hydrogen-bond acceptors (Lipinski definition) is 6. The summed E-state index contributed by atoms with van der Waals surface area (Å²) in [6.07, 6.45) is 0. The van der Waals surface area contributed by atoms with E-state index in [2.05, 4.69) is 20.6 Å². The molecule has 150 valence electrons. The van der Waals surface area contributed by atoms with Crippen molar-refractivity contribution in [1.29, 1.82) is 0 Å². The van der Waals surface area contributed by atoms with Gasteiger partial charge in [0.05, 0.1) is 14.2 Å². The van der Waals surface area contributed by atoms with E-state index in [0.717, 1.165) is 5.56 Å². The van der Waals surface area contributed by atoms with E-state index in [9.17, 15) is 9.18 Å². The Kier molecular flexibility index (Phi) is 6.23. The van der Waals surface area contributed by atoms with Crippen molar-refractivity contribution in [2.24, 2.45) is 0 Å². The minimum atomic E-state index is -0.367. The maximum atomic E-state index is 13.4. The van der Waals surface area contributed by atoms with Crippen LogP contribution in [0, 0.1) is 12.7 Å². The van der Waals surface area contributed by atoms with Gasteiger partial charge in [0.1, 0.15) is 23.2 Å². The molecule has 0 aliphatic rings. The first-order chi connectivity index (χ1) is 14.0. The van der Waals surface area contributed by atoms with Gasteiger partial charge < -0.3 is 20.1 Å². The predicted molar refractivity (Wildman–Crippen MR) is 107 cm³/mol. The minimum absolute atomic E-state index is 0.205. The highest BCUT2D eigenvalue weighted by Crippen LogP contribution is 2.27. The van der Waals surface area contributed by atoms with Gasteiger partial charge in [-0.15, -0.1) is 0 Å². The first-order valence-electron chi connectivity index (χ1n) is 8.86. The number of aromatic nitrogens is 2. The fourth-order valence-electron chi connectivity index (χ4n) is 2.73. The first kappa shape index (κ1) is 20.1. The summed E-state index contributed by atoms with van der Waals surface area (Å²) in [5.74, 6) is 1.30. The Labute approximate surface area is 167 Å². The standard InChI is InChI=1S/C21H21FN4O3/c1-13-24-17(11-20(25-13)26-16-6-4-5-15(22)10-16)21(27)23-12-14-7-8-18(28-2)19(9-14)29-3/h4-11H,12H2,1-3H3,(H,23,27)(H,24,25,26). The highest BCUT2D eigenvalue weighted by atomic mass is 19.1. The van der Waals surface area contributed by atoms with Crippen molar-refractivity contribution in [3.05, 3.63) is 71.4 Å². The lowest BCUT2D eigenvalue weighted by Gasteiger charge is -2.11. The SMILES string of the molecule is COc1ccc(CNC(=O)c2cc(Nc3cccc(F)c3)nc(C)n2)cc1OC. The Morgan fingerprint density at radius 3 is 2.55 bits per heavy atom. The number of hydrogen-bond donors (Lipinski definition) is 2. The van der Waals surface area contributed by atoms with Crippen LogP contribution >= 0.6 is 0 Å². The Bertz CT molecular complexity index is 1030. The molecule has 2 aromatic carbocycles. The van der Waals surface area contributed by atoms with Gasteiger partial charge in [-0.1, -0.05) is 12.1 Å². The molecule has 1 aromatic heterocycles. The van der Waals surface area contributed by atoms with Crippen LogP contribution in [0.2, 0.25) is 0 Å². The van der Waals surface area contributed by atoms with Crippen LogP contribution in [0.4, 0.5) is 15.9 Å². The number of nitrogens with zero attached hydrogens (tertiary/aromatic N) is 2. The highest BCUT2D eigenvalue weighted by molar-refractivity contribution is 5.93. The molecule has 0 atom stereocenters. The smallest absolute Gasteiger partial charge is 0.270 e. The van der Waals surface area contributed by atoms with Gasteiger partial charge in [-0.05, 0) is 42.8 Å². The zero-order chi connectivity index (χ0) is 20.8. The number of amides is 1. The van der Waals surface area contributed by atoms with Gasteiger partial charge in [0, 0.05) is 18.3 Å².